The molecule has 3 nitrogen and oxygen atoms in total. The van der Waals surface area contributed by atoms with E-state index in [0.29, 0.717) is 12.3 Å². The highest BCUT2D eigenvalue weighted by molar-refractivity contribution is 5.70. The van der Waals surface area contributed by atoms with Crippen molar-refractivity contribution in [2.45, 2.75) is 52.7 Å². The maximum absolute atomic E-state index is 11.3. The van der Waals surface area contributed by atoms with E-state index in [0.717, 1.165) is 0 Å². The zero-order valence-corrected chi connectivity index (χ0v) is 9.26. The third-order valence-corrected chi connectivity index (χ3v) is 1.68. The normalized spacial score (nSPS) is 14.4. The lowest BCUT2D eigenvalue weighted by molar-refractivity contribution is -0.155. The van der Waals surface area contributed by atoms with Crippen LogP contribution in [0.1, 0.15) is 41.0 Å². The van der Waals surface area contributed by atoms with E-state index >= 15 is 0 Å². The number of nitrogens with two attached hydrogens (primary N) is 1. The van der Waals surface area contributed by atoms with Crippen LogP contribution in [0, 0.1) is 5.92 Å². The van der Waals surface area contributed by atoms with Crippen molar-refractivity contribution >= 4 is 5.97 Å². The summed E-state index contributed by atoms with van der Waals surface area (Å²) in [6.07, 6.45) is 0.301. The van der Waals surface area contributed by atoms with Gasteiger partial charge in [-0.3, -0.25) is 4.79 Å². The number of carbonyl (C=O) groups excluding carboxylic acids is 1. The van der Waals surface area contributed by atoms with Gasteiger partial charge < -0.3 is 10.5 Å². The Morgan fingerprint density at radius 1 is 1.38 bits per heavy atom. The van der Waals surface area contributed by atoms with Crippen LogP contribution in [0.3, 0.4) is 0 Å². The van der Waals surface area contributed by atoms with Gasteiger partial charge in [-0.15, -0.1) is 0 Å². The molecule has 0 amide bonds. The fourth-order valence-corrected chi connectivity index (χ4v) is 0.811. The van der Waals surface area contributed by atoms with Gasteiger partial charge in [-0.2, -0.15) is 0 Å². The van der Waals surface area contributed by atoms with Crippen LogP contribution in [0.25, 0.3) is 0 Å². The first-order chi connectivity index (χ1) is 5.72. The molecule has 0 aliphatic heterocycles. The van der Waals surface area contributed by atoms with E-state index in [1.807, 2.05) is 34.6 Å². The Morgan fingerprint density at radius 3 is 2.15 bits per heavy atom. The van der Waals surface area contributed by atoms with Crippen LogP contribution in [0.2, 0.25) is 0 Å². The van der Waals surface area contributed by atoms with Gasteiger partial charge in [0.25, 0.3) is 0 Å². The number of carbonyl (C=O) groups is 1. The number of esters is 1. The van der Waals surface area contributed by atoms with E-state index in [-0.39, 0.29) is 12.0 Å². The fourth-order valence-electron chi connectivity index (χ4n) is 0.811. The summed E-state index contributed by atoms with van der Waals surface area (Å²) >= 11 is 0. The SMILES string of the molecule is CC(C)[C@H](N)CC(=O)OC(C)(C)C. The maximum atomic E-state index is 11.3. The number of hydrogen-bond donors (Lipinski definition) is 1. The molecule has 0 bridgehead atoms. The van der Waals surface area contributed by atoms with Crippen LogP contribution in [0.5, 0.6) is 0 Å². The zero-order chi connectivity index (χ0) is 10.6. The van der Waals surface area contributed by atoms with Crippen molar-refractivity contribution in [2.75, 3.05) is 0 Å². The lowest BCUT2D eigenvalue weighted by atomic mass is 10.0. The Labute approximate surface area is 80.6 Å². The van der Waals surface area contributed by atoms with Crippen LogP contribution in [0.4, 0.5) is 0 Å². The largest absolute Gasteiger partial charge is 0.460 e. The second kappa shape index (κ2) is 4.61. The summed E-state index contributed by atoms with van der Waals surface area (Å²) in [5.74, 6) is 0.0984. The molecule has 78 valence electrons. The molecule has 0 aromatic heterocycles. The first kappa shape index (κ1) is 12.4. The van der Waals surface area contributed by atoms with E-state index in [2.05, 4.69) is 0 Å². The van der Waals surface area contributed by atoms with Crippen molar-refractivity contribution in [1.29, 1.82) is 0 Å². The third kappa shape index (κ3) is 6.58. The van der Waals surface area contributed by atoms with Crippen LogP contribution in [-0.2, 0) is 9.53 Å². The first-order valence-corrected chi connectivity index (χ1v) is 4.70. The van der Waals surface area contributed by atoms with Crippen LogP contribution >= 0.6 is 0 Å². The summed E-state index contributed by atoms with van der Waals surface area (Å²) in [7, 11) is 0. The summed E-state index contributed by atoms with van der Waals surface area (Å²) in [5, 5.41) is 0. The standard InChI is InChI=1S/C10H21NO2/c1-7(2)8(11)6-9(12)13-10(3,4)5/h7-8H,6,11H2,1-5H3/t8-/m1/s1. The van der Waals surface area contributed by atoms with Gasteiger partial charge >= 0.3 is 5.97 Å². The second-order valence-corrected chi connectivity index (χ2v) is 4.70. The van der Waals surface area contributed by atoms with Crippen LogP contribution in [-0.4, -0.2) is 17.6 Å². The van der Waals surface area contributed by atoms with Gasteiger partial charge in [0.1, 0.15) is 5.60 Å². The van der Waals surface area contributed by atoms with Gasteiger partial charge in [-0.25, -0.2) is 0 Å². The van der Waals surface area contributed by atoms with E-state index in [4.69, 9.17) is 10.5 Å². The summed E-state index contributed by atoms with van der Waals surface area (Å²) < 4.78 is 5.14. The Kier molecular flexibility index (Phi) is 4.40. The highest BCUT2D eigenvalue weighted by Gasteiger charge is 2.19. The van der Waals surface area contributed by atoms with E-state index in [1.54, 1.807) is 0 Å². The Balaban J connectivity index is 3.89. The summed E-state index contributed by atoms with van der Waals surface area (Å²) in [5.41, 5.74) is 5.33. The molecule has 0 aromatic carbocycles. The molecule has 0 unspecified atom stereocenters. The lowest BCUT2D eigenvalue weighted by Gasteiger charge is -2.21. The van der Waals surface area contributed by atoms with Crippen LogP contribution in [0.15, 0.2) is 0 Å². The van der Waals surface area contributed by atoms with Gasteiger partial charge in [-0.1, -0.05) is 13.8 Å². The molecule has 0 aliphatic rings. The average Bonchev–Trinajstić information content (AvgIpc) is 1.81. The van der Waals surface area contributed by atoms with Gasteiger partial charge in [0, 0.05) is 6.04 Å². The van der Waals surface area contributed by atoms with Crippen molar-refractivity contribution < 1.29 is 9.53 Å². The molecule has 1 atom stereocenters. The number of hydrogen-bond acceptors (Lipinski definition) is 3. The molecule has 0 saturated carbocycles. The quantitative estimate of drug-likeness (QED) is 0.684. The average molecular weight is 187 g/mol. The smallest absolute Gasteiger partial charge is 0.307 e. The summed E-state index contributed by atoms with van der Waals surface area (Å²) in [6, 6.07) is -0.102. The van der Waals surface area contributed by atoms with E-state index < -0.39 is 5.60 Å². The molecule has 0 fully saturated rings. The maximum Gasteiger partial charge on any atom is 0.307 e. The third-order valence-electron chi connectivity index (χ3n) is 1.68. The van der Waals surface area contributed by atoms with Crippen molar-refractivity contribution in [3.8, 4) is 0 Å². The molecule has 0 spiro atoms. The highest BCUT2D eigenvalue weighted by Crippen LogP contribution is 2.11. The Bertz CT molecular complexity index is 170. The molecule has 0 aromatic rings. The topological polar surface area (TPSA) is 52.3 Å². The second-order valence-electron chi connectivity index (χ2n) is 4.70. The molecule has 0 radical (unpaired) electrons. The molecular formula is C10H21NO2. The van der Waals surface area contributed by atoms with Crippen molar-refractivity contribution in [3.05, 3.63) is 0 Å². The highest BCUT2D eigenvalue weighted by atomic mass is 16.6. The molecule has 0 aliphatic carbocycles. The Hall–Kier alpha value is -0.570. The minimum atomic E-state index is -0.409. The molecule has 0 saturated heterocycles. The van der Waals surface area contributed by atoms with Gasteiger partial charge in [0.05, 0.1) is 6.42 Å². The zero-order valence-electron chi connectivity index (χ0n) is 9.26. The molecule has 0 heterocycles. The van der Waals surface area contributed by atoms with Gasteiger partial charge in [0.15, 0.2) is 0 Å². The predicted molar refractivity (Wildman–Crippen MR) is 53.3 cm³/mol. The number of rotatable bonds is 3. The predicted octanol–water partition coefficient (Wildman–Crippen LogP) is 1.70. The van der Waals surface area contributed by atoms with Crippen molar-refractivity contribution in [3.63, 3.8) is 0 Å². The van der Waals surface area contributed by atoms with Crippen molar-refractivity contribution in [2.24, 2.45) is 11.7 Å². The summed E-state index contributed by atoms with van der Waals surface area (Å²) in [4.78, 5) is 11.3. The van der Waals surface area contributed by atoms with Gasteiger partial charge in [-0.05, 0) is 26.7 Å². The van der Waals surface area contributed by atoms with E-state index in [1.165, 1.54) is 0 Å². The lowest BCUT2D eigenvalue weighted by Crippen LogP contribution is -2.33. The molecular weight excluding hydrogens is 166 g/mol. The fraction of sp³-hybridized carbons (Fsp3) is 0.900. The monoisotopic (exact) mass is 187 g/mol. The van der Waals surface area contributed by atoms with Crippen molar-refractivity contribution in [1.82, 2.24) is 0 Å². The van der Waals surface area contributed by atoms with Crippen LogP contribution < -0.4 is 5.73 Å². The minimum absolute atomic E-state index is 0.102. The molecule has 13 heavy (non-hydrogen) atoms. The number of ether oxygens (including phenoxy) is 1. The first-order valence-electron chi connectivity index (χ1n) is 4.70. The van der Waals surface area contributed by atoms with E-state index in [9.17, 15) is 4.79 Å². The minimum Gasteiger partial charge on any atom is -0.460 e. The Morgan fingerprint density at radius 2 is 1.85 bits per heavy atom. The summed E-state index contributed by atoms with van der Waals surface area (Å²) in [6.45, 7) is 9.55. The molecule has 3 heteroatoms. The molecule has 2 N–H and O–H groups in total. The molecule has 0 rings (SSSR count). The van der Waals surface area contributed by atoms with Gasteiger partial charge in [0.2, 0.25) is 0 Å².